The molecule has 0 fully saturated rings. The number of hydrogen-bond donors (Lipinski definition) is 1. The van der Waals surface area contributed by atoms with E-state index < -0.39 is 0 Å². The summed E-state index contributed by atoms with van der Waals surface area (Å²) < 4.78 is 5.76. The molecule has 0 aliphatic rings. The predicted molar refractivity (Wildman–Crippen MR) is 98.5 cm³/mol. The van der Waals surface area contributed by atoms with Gasteiger partial charge in [0, 0.05) is 44.8 Å². The second kappa shape index (κ2) is 7.25. The van der Waals surface area contributed by atoms with Gasteiger partial charge in [-0.25, -0.2) is 9.78 Å². The van der Waals surface area contributed by atoms with Crippen molar-refractivity contribution in [1.29, 1.82) is 0 Å². The van der Waals surface area contributed by atoms with E-state index in [1.54, 1.807) is 18.1 Å². The molecule has 0 radical (unpaired) electrons. The summed E-state index contributed by atoms with van der Waals surface area (Å²) in [7, 11) is 5.61. The maximum absolute atomic E-state index is 12.4. The average Bonchev–Trinajstić information content (AvgIpc) is 3.01. The van der Waals surface area contributed by atoms with Gasteiger partial charge < -0.3 is 19.5 Å². The normalized spacial score (nSPS) is 10.7. The number of pyridine rings is 1. The molecular weight excluding hydrogens is 316 g/mol. The molecule has 0 saturated carbocycles. The van der Waals surface area contributed by atoms with E-state index in [9.17, 15) is 4.79 Å². The molecule has 6 heteroatoms. The Hall–Kier alpha value is -3.02. The smallest absolute Gasteiger partial charge is 0.317 e. The maximum Gasteiger partial charge on any atom is 0.317 e. The molecule has 6 nitrogen and oxygen atoms in total. The quantitative estimate of drug-likeness (QED) is 0.776. The number of carbonyl (C=O) groups is 1. The molecule has 2 amide bonds. The van der Waals surface area contributed by atoms with Crippen molar-refractivity contribution in [3.8, 4) is 0 Å². The number of para-hydroxylation sites is 1. The van der Waals surface area contributed by atoms with E-state index in [0.717, 1.165) is 28.1 Å². The van der Waals surface area contributed by atoms with E-state index in [2.05, 4.69) is 10.3 Å². The number of hydrogen-bond acceptors (Lipinski definition) is 4. The van der Waals surface area contributed by atoms with Gasteiger partial charge in [0.25, 0.3) is 0 Å². The number of anilines is 1. The summed E-state index contributed by atoms with van der Waals surface area (Å²) in [5.74, 6) is 1.61. The van der Waals surface area contributed by atoms with Gasteiger partial charge in [0.15, 0.2) is 0 Å². The monoisotopic (exact) mass is 338 g/mol. The first kappa shape index (κ1) is 16.8. The summed E-state index contributed by atoms with van der Waals surface area (Å²) in [4.78, 5) is 20.2. The van der Waals surface area contributed by atoms with Crippen molar-refractivity contribution in [3.05, 3.63) is 60.0 Å². The molecule has 0 bridgehead atoms. The molecule has 0 aliphatic heterocycles. The molecule has 0 atom stereocenters. The molecule has 25 heavy (non-hydrogen) atoms. The SMILES string of the molecule is CN(Cc1cc2ccccc2o1)C(=O)NCc1cccnc1N(C)C. The van der Waals surface area contributed by atoms with Crippen LogP contribution in [-0.2, 0) is 13.1 Å². The van der Waals surface area contributed by atoms with Crippen LogP contribution in [-0.4, -0.2) is 37.1 Å². The number of furan rings is 1. The molecule has 1 aromatic carbocycles. The van der Waals surface area contributed by atoms with Gasteiger partial charge in [-0.2, -0.15) is 0 Å². The minimum absolute atomic E-state index is 0.158. The Morgan fingerprint density at radius 3 is 2.72 bits per heavy atom. The second-order valence-electron chi connectivity index (χ2n) is 6.15. The first-order valence-electron chi connectivity index (χ1n) is 8.12. The highest BCUT2D eigenvalue weighted by Crippen LogP contribution is 2.20. The Balaban J connectivity index is 1.61. The lowest BCUT2D eigenvalue weighted by Gasteiger charge is -2.19. The van der Waals surface area contributed by atoms with E-state index in [0.29, 0.717) is 13.1 Å². The lowest BCUT2D eigenvalue weighted by Crippen LogP contribution is -2.36. The summed E-state index contributed by atoms with van der Waals surface area (Å²) in [6.45, 7) is 0.832. The van der Waals surface area contributed by atoms with Gasteiger partial charge in [0.2, 0.25) is 0 Å². The largest absolute Gasteiger partial charge is 0.459 e. The van der Waals surface area contributed by atoms with Crippen molar-refractivity contribution in [2.75, 3.05) is 26.0 Å². The summed E-state index contributed by atoms with van der Waals surface area (Å²) in [6.07, 6.45) is 1.74. The Morgan fingerprint density at radius 2 is 1.96 bits per heavy atom. The van der Waals surface area contributed by atoms with Gasteiger partial charge in [-0.3, -0.25) is 0 Å². The van der Waals surface area contributed by atoms with Crippen molar-refractivity contribution in [2.24, 2.45) is 0 Å². The van der Waals surface area contributed by atoms with Crippen molar-refractivity contribution in [1.82, 2.24) is 15.2 Å². The van der Waals surface area contributed by atoms with Crippen molar-refractivity contribution in [3.63, 3.8) is 0 Å². The molecule has 2 heterocycles. The van der Waals surface area contributed by atoms with Crippen LogP contribution in [0.25, 0.3) is 11.0 Å². The zero-order valence-corrected chi connectivity index (χ0v) is 14.7. The van der Waals surface area contributed by atoms with Crippen LogP contribution < -0.4 is 10.2 Å². The van der Waals surface area contributed by atoms with Crippen molar-refractivity contribution < 1.29 is 9.21 Å². The van der Waals surface area contributed by atoms with Crippen LogP contribution in [0.4, 0.5) is 10.6 Å². The number of carbonyl (C=O) groups excluding carboxylic acids is 1. The number of benzene rings is 1. The molecule has 0 unspecified atom stereocenters. The summed E-state index contributed by atoms with van der Waals surface area (Å²) >= 11 is 0. The van der Waals surface area contributed by atoms with Gasteiger partial charge in [-0.1, -0.05) is 24.3 Å². The minimum Gasteiger partial charge on any atom is -0.459 e. The average molecular weight is 338 g/mol. The van der Waals surface area contributed by atoms with Gasteiger partial charge in [-0.05, 0) is 18.2 Å². The van der Waals surface area contributed by atoms with Crippen LogP contribution >= 0.6 is 0 Å². The molecular formula is C19H22N4O2. The van der Waals surface area contributed by atoms with Crippen LogP contribution in [0.15, 0.2) is 53.1 Å². The fourth-order valence-electron chi connectivity index (χ4n) is 2.70. The maximum atomic E-state index is 12.4. The van der Waals surface area contributed by atoms with Gasteiger partial charge in [0.05, 0.1) is 6.54 Å². The Kier molecular flexibility index (Phi) is 4.88. The van der Waals surface area contributed by atoms with Crippen LogP contribution in [0.2, 0.25) is 0 Å². The Labute approximate surface area is 147 Å². The highest BCUT2D eigenvalue weighted by atomic mass is 16.3. The molecule has 1 N–H and O–H groups in total. The number of nitrogens with zero attached hydrogens (tertiary/aromatic N) is 3. The second-order valence-corrected chi connectivity index (χ2v) is 6.15. The number of aromatic nitrogens is 1. The highest BCUT2D eigenvalue weighted by molar-refractivity contribution is 5.78. The van der Waals surface area contributed by atoms with Gasteiger partial charge in [-0.15, -0.1) is 0 Å². The zero-order valence-electron chi connectivity index (χ0n) is 14.7. The molecule has 0 aliphatic carbocycles. The van der Waals surface area contributed by atoms with Gasteiger partial charge in [0.1, 0.15) is 17.2 Å². The van der Waals surface area contributed by atoms with Crippen LogP contribution in [0.5, 0.6) is 0 Å². The van der Waals surface area contributed by atoms with E-state index in [1.807, 2.05) is 61.5 Å². The number of urea groups is 1. The number of fused-ring (bicyclic) bond motifs is 1. The number of rotatable bonds is 5. The Morgan fingerprint density at radius 1 is 1.16 bits per heavy atom. The first-order chi connectivity index (χ1) is 12.0. The van der Waals surface area contributed by atoms with Gasteiger partial charge >= 0.3 is 6.03 Å². The highest BCUT2D eigenvalue weighted by Gasteiger charge is 2.13. The molecule has 0 spiro atoms. The molecule has 3 rings (SSSR count). The summed E-state index contributed by atoms with van der Waals surface area (Å²) in [5.41, 5.74) is 1.80. The van der Waals surface area contributed by atoms with E-state index in [1.165, 1.54) is 0 Å². The lowest BCUT2D eigenvalue weighted by atomic mass is 10.2. The molecule has 0 saturated heterocycles. The first-order valence-corrected chi connectivity index (χ1v) is 8.12. The fourth-order valence-corrected chi connectivity index (χ4v) is 2.70. The van der Waals surface area contributed by atoms with Crippen molar-refractivity contribution in [2.45, 2.75) is 13.1 Å². The van der Waals surface area contributed by atoms with E-state index >= 15 is 0 Å². The predicted octanol–water partition coefficient (Wildman–Crippen LogP) is 3.24. The summed E-state index contributed by atoms with van der Waals surface area (Å²) in [6, 6.07) is 13.4. The van der Waals surface area contributed by atoms with Crippen LogP contribution in [0.1, 0.15) is 11.3 Å². The number of nitrogens with one attached hydrogen (secondary N) is 1. The van der Waals surface area contributed by atoms with Crippen LogP contribution in [0.3, 0.4) is 0 Å². The fraction of sp³-hybridized carbons (Fsp3) is 0.263. The third kappa shape index (κ3) is 3.91. The van der Waals surface area contributed by atoms with E-state index in [-0.39, 0.29) is 6.03 Å². The zero-order chi connectivity index (χ0) is 17.8. The molecule has 130 valence electrons. The summed E-state index contributed by atoms with van der Waals surface area (Å²) in [5, 5.41) is 3.97. The lowest BCUT2D eigenvalue weighted by molar-refractivity contribution is 0.203. The minimum atomic E-state index is -0.158. The third-order valence-electron chi connectivity index (χ3n) is 3.94. The Bertz CT molecular complexity index is 839. The molecule has 2 aromatic heterocycles. The number of amides is 2. The van der Waals surface area contributed by atoms with Crippen molar-refractivity contribution >= 4 is 22.8 Å². The third-order valence-corrected chi connectivity index (χ3v) is 3.94. The van der Waals surface area contributed by atoms with Crippen LogP contribution in [0, 0.1) is 0 Å². The van der Waals surface area contributed by atoms with E-state index in [4.69, 9.17) is 4.42 Å². The molecule has 3 aromatic rings. The topological polar surface area (TPSA) is 61.6 Å². The standard InChI is InChI=1S/C19H22N4O2/c1-22(2)18-15(8-6-10-20-18)12-21-19(24)23(3)13-16-11-14-7-4-5-9-17(14)25-16/h4-11H,12-13H2,1-3H3,(H,21,24).